The van der Waals surface area contributed by atoms with Crippen molar-refractivity contribution in [3.05, 3.63) is 0 Å². The van der Waals surface area contributed by atoms with E-state index in [1.54, 1.807) is 0 Å². The van der Waals surface area contributed by atoms with Crippen molar-refractivity contribution < 1.29 is 5.11 Å². The molecule has 1 aliphatic heterocycles. The molecule has 0 aliphatic carbocycles. The Bertz CT molecular complexity index is 188. The van der Waals surface area contributed by atoms with E-state index in [2.05, 4.69) is 17.9 Å². The second-order valence-electron chi connectivity index (χ2n) is 3.84. The van der Waals surface area contributed by atoms with E-state index < -0.39 is 0 Å². The zero-order valence-corrected chi connectivity index (χ0v) is 8.24. The first kappa shape index (κ1) is 10.5. The minimum Gasteiger partial charge on any atom is -0.392 e. The highest BCUT2D eigenvalue weighted by atomic mass is 16.3. The van der Waals surface area contributed by atoms with Crippen LogP contribution in [-0.2, 0) is 0 Å². The summed E-state index contributed by atoms with van der Waals surface area (Å²) in [6.07, 6.45) is 3.40. The summed E-state index contributed by atoms with van der Waals surface area (Å²) in [5.74, 6) is 0. The van der Waals surface area contributed by atoms with E-state index in [1.807, 2.05) is 0 Å². The summed E-state index contributed by atoms with van der Waals surface area (Å²) in [5, 5.41) is 17.9. The van der Waals surface area contributed by atoms with Gasteiger partial charge in [-0.15, -0.1) is 0 Å². The van der Waals surface area contributed by atoms with Gasteiger partial charge < -0.3 is 5.11 Å². The SMILES string of the molecule is CC(CCC#N)N1CCCC(O)C1. The highest BCUT2D eigenvalue weighted by molar-refractivity contribution is 4.79. The van der Waals surface area contributed by atoms with Crippen LogP contribution in [0.25, 0.3) is 0 Å². The Hall–Kier alpha value is -0.590. The number of nitrogens with zero attached hydrogens (tertiary/aromatic N) is 2. The smallest absolute Gasteiger partial charge is 0.0667 e. The van der Waals surface area contributed by atoms with E-state index in [0.717, 1.165) is 32.4 Å². The molecule has 0 spiro atoms. The van der Waals surface area contributed by atoms with Crippen molar-refractivity contribution in [2.45, 2.75) is 44.8 Å². The molecule has 13 heavy (non-hydrogen) atoms. The molecule has 0 saturated carbocycles. The molecule has 2 atom stereocenters. The van der Waals surface area contributed by atoms with Gasteiger partial charge in [0.05, 0.1) is 12.2 Å². The third-order valence-electron chi connectivity index (χ3n) is 2.73. The predicted octanol–water partition coefficient (Wildman–Crippen LogP) is 1.14. The van der Waals surface area contributed by atoms with Gasteiger partial charge in [0.15, 0.2) is 0 Å². The van der Waals surface area contributed by atoms with Crippen LogP contribution in [0, 0.1) is 11.3 Å². The summed E-state index contributed by atoms with van der Waals surface area (Å²) < 4.78 is 0. The largest absolute Gasteiger partial charge is 0.392 e. The van der Waals surface area contributed by atoms with Crippen LogP contribution in [0.1, 0.15) is 32.6 Å². The summed E-state index contributed by atoms with van der Waals surface area (Å²) in [6, 6.07) is 2.60. The molecule has 1 saturated heterocycles. The van der Waals surface area contributed by atoms with Crippen LogP contribution in [0.3, 0.4) is 0 Å². The van der Waals surface area contributed by atoms with Crippen LogP contribution in [0.5, 0.6) is 0 Å². The quantitative estimate of drug-likeness (QED) is 0.712. The summed E-state index contributed by atoms with van der Waals surface area (Å²) in [7, 11) is 0. The molecular formula is C10H18N2O. The van der Waals surface area contributed by atoms with Gasteiger partial charge in [-0.3, -0.25) is 4.90 Å². The number of aliphatic hydroxyl groups is 1. The number of nitriles is 1. The maximum absolute atomic E-state index is 9.45. The molecule has 3 heteroatoms. The lowest BCUT2D eigenvalue weighted by molar-refractivity contribution is 0.0489. The maximum Gasteiger partial charge on any atom is 0.0667 e. The van der Waals surface area contributed by atoms with E-state index in [-0.39, 0.29) is 6.10 Å². The normalized spacial score (nSPS) is 26.7. The second-order valence-corrected chi connectivity index (χ2v) is 3.84. The molecule has 0 bridgehead atoms. The predicted molar refractivity (Wildman–Crippen MR) is 51.1 cm³/mol. The molecule has 2 unspecified atom stereocenters. The zero-order chi connectivity index (χ0) is 9.68. The third-order valence-corrected chi connectivity index (χ3v) is 2.73. The van der Waals surface area contributed by atoms with Gasteiger partial charge in [-0.05, 0) is 32.7 Å². The first-order valence-electron chi connectivity index (χ1n) is 5.03. The average Bonchev–Trinajstić information content (AvgIpc) is 2.14. The Kier molecular flexibility index (Phi) is 4.20. The Morgan fingerprint density at radius 3 is 3.08 bits per heavy atom. The molecule has 3 nitrogen and oxygen atoms in total. The molecule has 0 aromatic heterocycles. The van der Waals surface area contributed by atoms with Crippen molar-refractivity contribution in [1.29, 1.82) is 5.26 Å². The fourth-order valence-electron chi connectivity index (χ4n) is 1.84. The highest BCUT2D eigenvalue weighted by Gasteiger charge is 2.21. The molecule has 0 radical (unpaired) electrons. The molecule has 1 N–H and O–H groups in total. The summed E-state index contributed by atoms with van der Waals surface area (Å²) >= 11 is 0. The van der Waals surface area contributed by atoms with Crippen molar-refractivity contribution in [3.8, 4) is 6.07 Å². The van der Waals surface area contributed by atoms with Gasteiger partial charge in [-0.25, -0.2) is 0 Å². The van der Waals surface area contributed by atoms with Gasteiger partial charge in [0.25, 0.3) is 0 Å². The topological polar surface area (TPSA) is 47.3 Å². The van der Waals surface area contributed by atoms with Crippen LogP contribution >= 0.6 is 0 Å². The first-order valence-corrected chi connectivity index (χ1v) is 5.03. The molecule has 0 aromatic carbocycles. The fraction of sp³-hybridized carbons (Fsp3) is 0.900. The van der Waals surface area contributed by atoms with Gasteiger partial charge in [0.1, 0.15) is 0 Å². The lowest BCUT2D eigenvalue weighted by Crippen LogP contribution is -2.43. The number of hydrogen-bond acceptors (Lipinski definition) is 3. The number of piperidine rings is 1. The number of aliphatic hydroxyl groups excluding tert-OH is 1. The molecule has 74 valence electrons. The minimum atomic E-state index is -0.154. The van der Waals surface area contributed by atoms with Crippen molar-refractivity contribution in [3.63, 3.8) is 0 Å². The Labute approximate surface area is 80.0 Å². The van der Waals surface area contributed by atoms with Gasteiger partial charge in [0.2, 0.25) is 0 Å². The summed E-state index contributed by atoms with van der Waals surface area (Å²) in [6.45, 7) is 3.99. The van der Waals surface area contributed by atoms with Crippen LogP contribution in [0.4, 0.5) is 0 Å². The maximum atomic E-state index is 9.45. The van der Waals surface area contributed by atoms with Gasteiger partial charge in [-0.1, -0.05) is 0 Å². The van der Waals surface area contributed by atoms with E-state index >= 15 is 0 Å². The van der Waals surface area contributed by atoms with Crippen LogP contribution < -0.4 is 0 Å². The van der Waals surface area contributed by atoms with Gasteiger partial charge in [0, 0.05) is 19.0 Å². The lowest BCUT2D eigenvalue weighted by atomic mass is 10.0. The molecule has 0 amide bonds. The van der Waals surface area contributed by atoms with Crippen LogP contribution in [-0.4, -0.2) is 35.2 Å². The monoisotopic (exact) mass is 182 g/mol. The Morgan fingerprint density at radius 1 is 1.69 bits per heavy atom. The molecule has 1 aliphatic rings. The van der Waals surface area contributed by atoms with E-state index in [4.69, 9.17) is 5.26 Å². The molecule has 1 rings (SSSR count). The minimum absolute atomic E-state index is 0.154. The van der Waals surface area contributed by atoms with Crippen LogP contribution in [0.2, 0.25) is 0 Å². The molecule has 1 fully saturated rings. The highest BCUT2D eigenvalue weighted by Crippen LogP contribution is 2.15. The number of β-amino-alcohol motifs (C(OH)–C–C–N with tert-alkyl or cyclic N) is 1. The lowest BCUT2D eigenvalue weighted by Gasteiger charge is -2.34. The van der Waals surface area contributed by atoms with Crippen molar-refractivity contribution in [1.82, 2.24) is 4.90 Å². The standard InChI is InChI=1S/C10H18N2O/c1-9(4-2-6-11)12-7-3-5-10(13)8-12/h9-10,13H,2-5,7-8H2,1H3. The van der Waals surface area contributed by atoms with Gasteiger partial charge in [-0.2, -0.15) is 5.26 Å². The molecular weight excluding hydrogens is 164 g/mol. The summed E-state index contributed by atoms with van der Waals surface area (Å²) in [5.41, 5.74) is 0. The number of hydrogen-bond donors (Lipinski definition) is 1. The van der Waals surface area contributed by atoms with Crippen molar-refractivity contribution >= 4 is 0 Å². The number of rotatable bonds is 3. The average molecular weight is 182 g/mol. The second kappa shape index (κ2) is 5.21. The summed E-state index contributed by atoms with van der Waals surface area (Å²) in [4.78, 5) is 2.28. The van der Waals surface area contributed by atoms with Gasteiger partial charge >= 0.3 is 0 Å². The van der Waals surface area contributed by atoms with E-state index in [9.17, 15) is 5.11 Å². The zero-order valence-electron chi connectivity index (χ0n) is 8.24. The van der Waals surface area contributed by atoms with E-state index in [1.165, 1.54) is 0 Å². The van der Waals surface area contributed by atoms with Crippen LogP contribution in [0.15, 0.2) is 0 Å². The van der Waals surface area contributed by atoms with Crippen molar-refractivity contribution in [2.75, 3.05) is 13.1 Å². The molecule has 0 aromatic rings. The molecule has 1 heterocycles. The Morgan fingerprint density at radius 2 is 2.46 bits per heavy atom. The Balaban J connectivity index is 2.29. The first-order chi connectivity index (χ1) is 6.24. The number of likely N-dealkylation sites (tertiary alicyclic amines) is 1. The fourth-order valence-corrected chi connectivity index (χ4v) is 1.84. The van der Waals surface area contributed by atoms with E-state index in [0.29, 0.717) is 12.5 Å². The van der Waals surface area contributed by atoms with Crippen molar-refractivity contribution in [2.24, 2.45) is 0 Å². The third kappa shape index (κ3) is 3.33.